The molecule has 4 rings (SSSR count). The van der Waals surface area contributed by atoms with Gasteiger partial charge in [0.05, 0.1) is 22.4 Å². The van der Waals surface area contributed by atoms with Gasteiger partial charge < -0.3 is 4.90 Å². The van der Waals surface area contributed by atoms with E-state index in [4.69, 9.17) is 0 Å². The number of hydrogen-bond donors (Lipinski definition) is 0. The quantitative estimate of drug-likeness (QED) is 0.476. The lowest BCUT2D eigenvalue weighted by atomic mass is 9.95. The first kappa shape index (κ1) is 18.4. The van der Waals surface area contributed by atoms with Gasteiger partial charge in [-0.25, -0.2) is 0 Å². The molecular weight excluding hydrogens is 376 g/mol. The van der Waals surface area contributed by atoms with Gasteiger partial charge >= 0.3 is 5.69 Å². The largest absolute Gasteiger partial charge is 0.331 e. The molecule has 3 aromatic rings. The Labute approximate surface area is 166 Å². The van der Waals surface area contributed by atoms with Crippen LogP contribution in [-0.4, -0.2) is 32.1 Å². The second kappa shape index (κ2) is 7.93. The normalized spacial score (nSPS) is 16.9. The van der Waals surface area contributed by atoms with Gasteiger partial charge in [0.25, 0.3) is 5.91 Å². The van der Waals surface area contributed by atoms with Crippen molar-refractivity contribution < 1.29 is 9.72 Å². The molecule has 0 radical (unpaired) electrons. The third-order valence-corrected chi connectivity index (χ3v) is 5.95. The van der Waals surface area contributed by atoms with Gasteiger partial charge in [-0.2, -0.15) is 5.10 Å². The van der Waals surface area contributed by atoms with Crippen LogP contribution in [0, 0.1) is 10.1 Å². The summed E-state index contributed by atoms with van der Waals surface area (Å²) in [5.74, 6) is 0.0521. The van der Waals surface area contributed by atoms with Crippen molar-refractivity contribution in [2.45, 2.75) is 31.8 Å². The summed E-state index contributed by atoms with van der Waals surface area (Å²) < 4.78 is 1.52. The molecule has 1 unspecified atom stereocenters. The number of hydrogen-bond acceptors (Lipinski definition) is 5. The average Bonchev–Trinajstić information content (AvgIpc) is 3.38. The number of piperidine rings is 1. The Morgan fingerprint density at radius 3 is 2.86 bits per heavy atom. The molecule has 1 fully saturated rings. The van der Waals surface area contributed by atoms with Crippen LogP contribution in [0.5, 0.6) is 0 Å². The van der Waals surface area contributed by atoms with E-state index >= 15 is 0 Å². The number of thiophene rings is 1. The van der Waals surface area contributed by atoms with Crippen LogP contribution in [0.25, 0.3) is 0 Å². The number of likely N-dealkylation sites (tertiary alicyclic amines) is 1. The van der Waals surface area contributed by atoms with Gasteiger partial charge in [-0.15, -0.1) is 11.3 Å². The van der Waals surface area contributed by atoms with Gasteiger partial charge in [0, 0.05) is 6.54 Å². The molecular formula is C20H20N4O3S. The highest BCUT2D eigenvalue weighted by atomic mass is 32.1. The van der Waals surface area contributed by atoms with E-state index in [0.29, 0.717) is 11.4 Å². The first-order valence-corrected chi connectivity index (χ1v) is 10.1. The molecule has 1 saturated heterocycles. The Kier molecular flexibility index (Phi) is 5.21. The van der Waals surface area contributed by atoms with Crippen molar-refractivity contribution in [1.82, 2.24) is 14.7 Å². The smallest absolute Gasteiger partial charge is 0.307 e. The van der Waals surface area contributed by atoms with Crippen molar-refractivity contribution in [3.63, 3.8) is 0 Å². The molecule has 8 heteroatoms. The molecule has 0 aliphatic carbocycles. The zero-order chi connectivity index (χ0) is 19.5. The predicted molar refractivity (Wildman–Crippen MR) is 106 cm³/mol. The molecule has 1 aromatic carbocycles. The molecule has 0 bridgehead atoms. The van der Waals surface area contributed by atoms with E-state index in [1.54, 1.807) is 0 Å². The molecule has 1 atom stereocenters. The van der Waals surface area contributed by atoms with Crippen LogP contribution in [0.4, 0.5) is 5.69 Å². The summed E-state index contributed by atoms with van der Waals surface area (Å²) in [5, 5.41) is 16.7. The van der Waals surface area contributed by atoms with E-state index in [1.807, 2.05) is 34.5 Å². The number of carbonyl (C=O) groups excluding carboxylic acids is 1. The maximum atomic E-state index is 13.2. The molecule has 2 aromatic heterocycles. The van der Waals surface area contributed by atoms with Crippen LogP contribution >= 0.6 is 11.3 Å². The molecule has 28 heavy (non-hydrogen) atoms. The van der Waals surface area contributed by atoms with Crippen LogP contribution in [0.15, 0.2) is 54.2 Å². The van der Waals surface area contributed by atoms with E-state index in [9.17, 15) is 14.9 Å². The van der Waals surface area contributed by atoms with E-state index in [-0.39, 0.29) is 17.6 Å². The second-order valence-electron chi connectivity index (χ2n) is 6.89. The lowest BCUT2D eigenvalue weighted by Gasteiger charge is -2.36. The maximum Gasteiger partial charge on any atom is 0.307 e. The van der Waals surface area contributed by atoms with E-state index < -0.39 is 4.92 Å². The molecule has 0 N–H and O–H groups in total. The fraction of sp³-hybridized carbons (Fsp3) is 0.300. The number of amides is 1. The highest BCUT2D eigenvalue weighted by Gasteiger charge is 2.29. The van der Waals surface area contributed by atoms with Gasteiger partial charge in [0.2, 0.25) is 0 Å². The third kappa shape index (κ3) is 3.82. The van der Waals surface area contributed by atoms with Crippen LogP contribution in [0.2, 0.25) is 0 Å². The summed E-state index contributed by atoms with van der Waals surface area (Å²) in [5.41, 5.74) is 2.06. The summed E-state index contributed by atoms with van der Waals surface area (Å²) in [6.45, 7) is 1.16. The fourth-order valence-electron chi connectivity index (χ4n) is 3.63. The minimum absolute atomic E-state index is 0.0365. The summed E-state index contributed by atoms with van der Waals surface area (Å²) in [6, 6.07) is 12.2. The van der Waals surface area contributed by atoms with Crippen molar-refractivity contribution >= 4 is 22.9 Å². The zero-order valence-electron chi connectivity index (χ0n) is 15.2. The zero-order valence-corrected chi connectivity index (χ0v) is 16.0. The number of aromatic nitrogens is 2. The molecule has 1 amide bonds. The van der Waals surface area contributed by atoms with Crippen molar-refractivity contribution in [2.75, 3.05) is 6.54 Å². The Hall–Kier alpha value is -3.00. The van der Waals surface area contributed by atoms with E-state index in [0.717, 1.165) is 31.4 Å². The van der Waals surface area contributed by atoms with Crippen molar-refractivity contribution in [3.05, 3.63) is 80.3 Å². The predicted octanol–water partition coefficient (Wildman–Crippen LogP) is 4.27. The first-order chi connectivity index (χ1) is 13.6. The summed E-state index contributed by atoms with van der Waals surface area (Å²) in [6.07, 6.45) is 5.75. The molecule has 1 aliphatic rings. The molecule has 1 aliphatic heterocycles. The van der Waals surface area contributed by atoms with Gasteiger partial charge in [0.1, 0.15) is 12.4 Å². The fourth-order valence-corrected chi connectivity index (χ4v) is 4.49. The third-order valence-electron chi connectivity index (χ3n) is 4.99. The van der Waals surface area contributed by atoms with Crippen LogP contribution in [-0.2, 0) is 6.54 Å². The molecule has 0 saturated carbocycles. The maximum absolute atomic E-state index is 13.2. The number of rotatable bonds is 5. The Bertz CT molecular complexity index is 982. The van der Waals surface area contributed by atoms with Gasteiger partial charge in [-0.1, -0.05) is 30.3 Å². The highest BCUT2D eigenvalue weighted by Crippen LogP contribution is 2.33. The first-order valence-electron chi connectivity index (χ1n) is 9.22. The van der Waals surface area contributed by atoms with Crippen LogP contribution < -0.4 is 0 Å². The van der Waals surface area contributed by atoms with Crippen molar-refractivity contribution in [3.8, 4) is 0 Å². The minimum Gasteiger partial charge on any atom is -0.331 e. The Balaban J connectivity index is 1.50. The topological polar surface area (TPSA) is 81.3 Å². The summed E-state index contributed by atoms with van der Waals surface area (Å²) in [7, 11) is 0. The van der Waals surface area contributed by atoms with E-state index in [1.165, 1.54) is 34.0 Å². The molecule has 144 valence electrons. The number of benzene rings is 1. The standard InChI is InChI=1S/C20H20N4O3S/c25-20(23-9-5-4-8-18(23)16-6-2-1-3-7-16)19-10-15(14-28-19)12-22-13-17(11-21-22)24(26)27/h1-3,6-7,10-11,13-14,18H,4-5,8-9,12H2. The molecule has 0 spiro atoms. The minimum atomic E-state index is -0.466. The Morgan fingerprint density at radius 2 is 2.11 bits per heavy atom. The monoisotopic (exact) mass is 396 g/mol. The van der Waals surface area contributed by atoms with Crippen molar-refractivity contribution in [2.24, 2.45) is 0 Å². The summed E-state index contributed by atoms with van der Waals surface area (Å²) >= 11 is 1.41. The Morgan fingerprint density at radius 1 is 1.29 bits per heavy atom. The number of carbonyl (C=O) groups is 1. The lowest BCUT2D eigenvalue weighted by Crippen LogP contribution is -2.38. The van der Waals surface area contributed by atoms with Crippen molar-refractivity contribution in [1.29, 1.82) is 0 Å². The van der Waals surface area contributed by atoms with Gasteiger partial charge in [0.15, 0.2) is 0 Å². The van der Waals surface area contributed by atoms with Crippen LogP contribution in [0.1, 0.15) is 46.1 Å². The van der Waals surface area contributed by atoms with Gasteiger partial charge in [-0.3, -0.25) is 19.6 Å². The lowest BCUT2D eigenvalue weighted by molar-refractivity contribution is -0.385. The van der Waals surface area contributed by atoms with Crippen LogP contribution in [0.3, 0.4) is 0 Å². The highest BCUT2D eigenvalue weighted by molar-refractivity contribution is 7.12. The van der Waals surface area contributed by atoms with E-state index in [2.05, 4.69) is 17.2 Å². The molecule has 7 nitrogen and oxygen atoms in total. The SMILES string of the molecule is O=C(c1cc(Cn2cc([N+](=O)[O-])cn2)cs1)N1CCCCC1c1ccccc1. The number of nitrogens with zero attached hydrogens (tertiary/aromatic N) is 4. The number of nitro groups is 1. The second-order valence-corrected chi connectivity index (χ2v) is 7.80. The summed E-state index contributed by atoms with van der Waals surface area (Å²) in [4.78, 5) is 26.2. The average molecular weight is 396 g/mol. The van der Waals surface area contributed by atoms with Gasteiger partial charge in [-0.05, 0) is 41.8 Å². The molecule has 3 heterocycles.